The minimum absolute atomic E-state index is 0.139. The Labute approximate surface area is 128 Å². The van der Waals surface area contributed by atoms with Crippen molar-refractivity contribution < 1.29 is 19.4 Å². The number of carboxylic acids is 1. The number of thiazole rings is 1. The van der Waals surface area contributed by atoms with Crippen molar-refractivity contribution >= 4 is 23.1 Å². The first-order valence-corrected chi connectivity index (χ1v) is 8.10. The molecule has 6 heteroatoms. The fourth-order valence-electron chi connectivity index (χ4n) is 3.07. The van der Waals surface area contributed by atoms with E-state index in [1.165, 1.54) is 18.3 Å². The van der Waals surface area contributed by atoms with E-state index in [4.69, 9.17) is 4.74 Å². The molecule has 1 aromatic heterocycles. The Morgan fingerprint density at radius 2 is 2.24 bits per heavy atom. The molecule has 0 aromatic carbocycles. The van der Waals surface area contributed by atoms with Crippen molar-refractivity contribution in [1.82, 2.24) is 4.98 Å². The summed E-state index contributed by atoms with van der Waals surface area (Å²) in [6, 6.07) is 0. The van der Waals surface area contributed by atoms with Gasteiger partial charge in [-0.05, 0) is 32.1 Å². The van der Waals surface area contributed by atoms with E-state index in [-0.39, 0.29) is 16.4 Å². The lowest BCUT2D eigenvalue weighted by atomic mass is 9.79. The van der Waals surface area contributed by atoms with Crippen molar-refractivity contribution in [3.05, 3.63) is 15.6 Å². The molecule has 2 atom stereocenters. The summed E-state index contributed by atoms with van der Waals surface area (Å²) < 4.78 is 6.00. The van der Waals surface area contributed by atoms with Crippen LogP contribution in [0.25, 0.3) is 0 Å². The summed E-state index contributed by atoms with van der Waals surface area (Å²) in [5.41, 5.74) is -0.672. The lowest BCUT2D eigenvalue weighted by molar-refractivity contribution is -0.0821. The molecule has 1 heterocycles. The zero-order valence-corrected chi connectivity index (χ0v) is 13.5. The Morgan fingerprint density at radius 3 is 2.71 bits per heavy atom. The van der Waals surface area contributed by atoms with E-state index in [1.807, 2.05) is 6.92 Å². The number of ether oxygens (including phenoxy) is 1. The van der Waals surface area contributed by atoms with E-state index in [1.54, 1.807) is 0 Å². The molecule has 5 nitrogen and oxygen atoms in total. The van der Waals surface area contributed by atoms with Crippen LogP contribution in [0.15, 0.2) is 0 Å². The summed E-state index contributed by atoms with van der Waals surface area (Å²) in [7, 11) is 0. The van der Waals surface area contributed by atoms with Gasteiger partial charge in [-0.15, -0.1) is 11.3 Å². The van der Waals surface area contributed by atoms with E-state index >= 15 is 0 Å². The van der Waals surface area contributed by atoms with Crippen molar-refractivity contribution in [2.24, 2.45) is 5.92 Å². The number of hydrogen-bond acceptors (Lipinski definition) is 5. The molecule has 21 heavy (non-hydrogen) atoms. The molecular weight excluding hydrogens is 290 g/mol. The standard InChI is InChI=1S/C15H21NO4S/c1-4-20-15(7-5-6-9(2)8-15)14-16-11(13(18)19)12(21-14)10(3)17/h9H,4-8H2,1-3H3,(H,18,19). The number of aromatic carboxylic acids is 1. The van der Waals surface area contributed by atoms with E-state index < -0.39 is 11.6 Å². The van der Waals surface area contributed by atoms with Gasteiger partial charge in [0.15, 0.2) is 11.5 Å². The predicted molar refractivity (Wildman–Crippen MR) is 80.0 cm³/mol. The molecule has 2 unspecified atom stereocenters. The maximum Gasteiger partial charge on any atom is 0.356 e. The van der Waals surface area contributed by atoms with Crippen LogP contribution in [0.2, 0.25) is 0 Å². The van der Waals surface area contributed by atoms with E-state index in [0.29, 0.717) is 17.5 Å². The molecule has 1 aliphatic rings. The van der Waals surface area contributed by atoms with E-state index in [2.05, 4.69) is 11.9 Å². The van der Waals surface area contributed by atoms with Gasteiger partial charge >= 0.3 is 5.97 Å². The molecule has 1 fully saturated rings. The predicted octanol–water partition coefficient (Wildman–Crippen LogP) is 3.49. The number of hydrogen-bond donors (Lipinski definition) is 1. The molecule has 0 bridgehead atoms. The zero-order chi connectivity index (χ0) is 15.6. The number of carboxylic acid groups (broad SMARTS) is 1. The van der Waals surface area contributed by atoms with Crippen molar-refractivity contribution in [1.29, 1.82) is 0 Å². The van der Waals surface area contributed by atoms with Crippen LogP contribution in [0.5, 0.6) is 0 Å². The maximum absolute atomic E-state index is 11.7. The minimum atomic E-state index is -1.15. The van der Waals surface area contributed by atoms with Gasteiger partial charge in [-0.3, -0.25) is 4.79 Å². The first-order chi connectivity index (χ1) is 9.89. The fraction of sp³-hybridized carbons (Fsp3) is 0.667. The highest BCUT2D eigenvalue weighted by atomic mass is 32.1. The Balaban J connectivity index is 2.48. The van der Waals surface area contributed by atoms with Gasteiger partial charge in [-0.1, -0.05) is 13.3 Å². The Morgan fingerprint density at radius 1 is 1.52 bits per heavy atom. The Bertz CT molecular complexity index is 518. The van der Waals surface area contributed by atoms with Gasteiger partial charge in [0.1, 0.15) is 15.5 Å². The van der Waals surface area contributed by atoms with Crippen molar-refractivity contribution in [3.8, 4) is 0 Å². The zero-order valence-electron chi connectivity index (χ0n) is 12.6. The third kappa shape index (κ3) is 3.16. The van der Waals surface area contributed by atoms with Crippen LogP contribution in [0.3, 0.4) is 0 Å². The van der Waals surface area contributed by atoms with Crippen molar-refractivity contribution in [2.45, 2.75) is 52.1 Å². The van der Waals surface area contributed by atoms with Gasteiger partial charge in [0.05, 0.1) is 0 Å². The average molecular weight is 311 g/mol. The third-order valence-corrected chi connectivity index (χ3v) is 5.26. The molecule has 0 radical (unpaired) electrons. The van der Waals surface area contributed by atoms with Crippen LogP contribution in [0.4, 0.5) is 0 Å². The van der Waals surface area contributed by atoms with Crippen molar-refractivity contribution in [2.75, 3.05) is 6.61 Å². The summed E-state index contributed by atoms with van der Waals surface area (Å²) in [6.07, 6.45) is 3.82. The molecule has 116 valence electrons. The largest absolute Gasteiger partial charge is 0.476 e. The molecule has 1 saturated carbocycles. The highest BCUT2D eigenvalue weighted by Crippen LogP contribution is 2.45. The highest BCUT2D eigenvalue weighted by molar-refractivity contribution is 7.14. The second kappa shape index (κ2) is 6.23. The van der Waals surface area contributed by atoms with Gasteiger partial charge in [-0.25, -0.2) is 9.78 Å². The van der Waals surface area contributed by atoms with Gasteiger partial charge in [0.25, 0.3) is 0 Å². The number of ketones is 1. The van der Waals surface area contributed by atoms with Crippen LogP contribution in [-0.4, -0.2) is 28.4 Å². The Kier molecular flexibility index (Phi) is 4.78. The van der Waals surface area contributed by atoms with E-state index in [0.717, 1.165) is 25.7 Å². The maximum atomic E-state index is 11.7. The lowest BCUT2D eigenvalue weighted by Gasteiger charge is -2.38. The smallest absolute Gasteiger partial charge is 0.356 e. The summed E-state index contributed by atoms with van der Waals surface area (Å²) in [5.74, 6) is -0.909. The molecule has 2 rings (SSSR count). The van der Waals surface area contributed by atoms with Gasteiger partial charge in [-0.2, -0.15) is 0 Å². The number of Topliss-reactive ketones (excluding diaryl/α,β-unsaturated/α-hetero) is 1. The summed E-state index contributed by atoms with van der Waals surface area (Å²) >= 11 is 1.18. The normalized spacial score (nSPS) is 25.8. The molecular formula is C15H21NO4S. The Hall–Kier alpha value is -1.27. The van der Waals surface area contributed by atoms with E-state index in [9.17, 15) is 14.7 Å². The van der Waals surface area contributed by atoms with Crippen LogP contribution < -0.4 is 0 Å². The number of aromatic nitrogens is 1. The first kappa shape index (κ1) is 16.1. The molecule has 0 aliphatic heterocycles. The molecule has 0 amide bonds. The molecule has 1 aliphatic carbocycles. The average Bonchev–Trinajstić information content (AvgIpc) is 2.85. The number of rotatable bonds is 5. The van der Waals surface area contributed by atoms with Gasteiger partial charge in [0.2, 0.25) is 0 Å². The van der Waals surface area contributed by atoms with Gasteiger partial charge < -0.3 is 9.84 Å². The molecule has 1 N–H and O–H groups in total. The second-order valence-electron chi connectivity index (χ2n) is 5.69. The highest BCUT2D eigenvalue weighted by Gasteiger charge is 2.41. The van der Waals surface area contributed by atoms with Crippen LogP contribution in [-0.2, 0) is 10.3 Å². The topological polar surface area (TPSA) is 76.5 Å². The molecule has 0 saturated heterocycles. The fourth-order valence-corrected chi connectivity index (χ4v) is 4.20. The monoisotopic (exact) mass is 311 g/mol. The number of carbonyl (C=O) groups is 2. The SMILES string of the molecule is CCOC1(c2nc(C(=O)O)c(C(C)=O)s2)CCCC(C)C1. The molecule has 0 spiro atoms. The second-order valence-corrected chi connectivity index (χ2v) is 6.69. The summed E-state index contributed by atoms with van der Waals surface area (Å²) in [4.78, 5) is 27.4. The lowest BCUT2D eigenvalue weighted by Crippen LogP contribution is -2.35. The van der Waals surface area contributed by atoms with Crippen molar-refractivity contribution in [3.63, 3.8) is 0 Å². The van der Waals surface area contributed by atoms with Crippen LogP contribution in [0.1, 0.15) is 71.6 Å². The quantitative estimate of drug-likeness (QED) is 0.842. The number of carbonyl (C=O) groups excluding carboxylic acids is 1. The number of nitrogens with zero attached hydrogens (tertiary/aromatic N) is 1. The van der Waals surface area contributed by atoms with Crippen LogP contribution >= 0.6 is 11.3 Å². The third-order valence-electron chi connectivity index (χ3n) is 3.92. The minimum Gasteiger partial charge on any atom is -0.476 e. The van der Waals surface area contributed by atoms with Gasteiger partial charge in [0, 0.05) is 13.5 Å². The van der Waals surface area contributed by atoms with Crippen LogP contribution in [0, 0.1) is 5.92 Å². The summed E-state index contributed by atoms with van der Waals surface area (Å²) in [6.45, 7) is 6.02. The molecule has 1 aromatic rings. The first-order valence-electron chi connectivity index (χ1n) is 7.29. The summed E-state index contributed by atoms with van der Waals surface area (Å²) in [5, 5.41) is 9.88.